The Balaban J connectivity index is 2.81. The molecule has 78 valence electrons. The molecule has 4 heteroatoms. The van der Waals surface area contributed by atoms with Crippen LogP contribution in [0, 0.1) is 6.57 Å². The standard InChI is InChI=1S/C11H11NO2S/c1-8(2)14-11(13)10(12-3)7-9-5-4-6-15-9/h4-8H,1-2H3. The molecule has 0 saturated carbocycles. The Morgan fingerprint density at radius 3 is 2.87 bits per heavy atom. The fraction of sp³-hybridized carbons (Fsp3) is 0.273. The Morgan fingerprint density at radius 1 is 1.67 bits per heavy atom. The average Bonchev–Trinajstić information content (AvgIpc) is 2.65. The minimum Gasteiger partial charge on any atom is -0.468 e. The zero-order valence-electron chi connectivity index (χ0n) is 8.56. The summed E-state index contributed by atoms with van der Waals surface area (Å²) in [5, 5.41) is 1.89. The summed E-state index contributed by atoms with van der Waals surface area (Å²) in [6.07, 6.45) is 1.34. The molecular formula is C11H11NO2S. The lowest BCUT2D eigenvalue weighted by molar-refractivity contribution is -0.142. The third kappa shape index (κ3) is 3.56. The van der Waals surface area contributed by atoms with Crippen molar-refractivity contribution in [3.63, 3.8) is 0 Å². The molecule has 15 heavy (non-hydrogen) atoms. The van der Waals surface area contributed by atoms with Crippen molar-refractivity contribution in [2.24, 2.45) is 0 Å². The molecule has 0 bridgehead atoms. The van der Waals surface area contributed by atoms with Crippen molar-refractivity contribution in [3.05, 3.63) is 39.5 Å². The van der Waals surface area contributed by atoms with Crippen LogP contribution in [0.15, 0.2) is 23.2 Å². The Labute approximate surface area is 92.8 Å². The van der Waals surface area contributed by atoms with Crippen molar-refractivity contribution in [3.8, 4) is 0 Å². The number of hydrogen-bond acceptors (Lipinski definition) is 3. The van der Waals surface area contributed by atoms with E-state index >= 15 is 0 Å². The van der Waals surface area contributed by atoms with Gasteiger partial charge in [0.15, 0.2) is 0 Å². The molecule has 1 rings (SSSR count). The number of carbonyl (C=O) groups is 1. The molecule has 0 fully saturated rings. The van der Waals surface area contributed by atoms with Gasteiger partial charge in [0.1, 0.15) is 0 Å². The summed E-state index contributed by atoms with van der Waals surface area (Å²) in [4.78, 5) is 15.4. The van der Waals surface area contributed by atoms with E-state index in [1.807, 2.05) is 17.5 Å². The van der Waals surface area contributed by atoms with E-state index in [9.17, 15) is 4.79 Å². The molecule has 0 aromatic carbocycles. The van der Waals surface area contributed by atoms with E-state index < -0.39 is 5.97 Å². The minimum atomic E-state index is -0.562. The lowest BCUT2D eigenvalue weighted by Gasteiger charge is -2.06. The summed E-state index contributed by atoms with van der Waals surface area (Å²) in [6, 6.07) is 3.71. The van der Waals surface area contributed by atoms with Crippen LogP contribution in [0.3, 0.4) is 0 Å². The molecule has 0 amide bonds. The van der Waals surface area contributed by atoms with Crippen LogP contribution in [-0.4, -0.2) is 12.1 Å². The second-order valence-electron chi connectivity index (χ2n) is 3.11. The van der Waals surface area contributed by atoms with Gasteiger partial charge in [-0.15, -0.1) is 11.3 Å². The molecule has 0 radical (unpaired) electrons. The smallest absolute Gasteiger partial charge is 0.336 e. The summed E-state index contributed by atoms with van der Waals surface area (Å²) < 4.78 is 4.94. The largest absolute Gasteiger partial charge is 0.468 e. The third-order valence-corrected chi connectivity index (χ3v) is 2.31. The van der Waals surface area contributed by atoms with Gasteiger partial charge in [-0.25, -0.2) is 4.85 Å². The number of carbonyl (C=O) groups excluding carboxylic acids is 1. The van der Waals surface area contributed by atoms with Crippen LogP contribution in [-0.2, 0) is 9.53 Å². The van der Waals surface area contributed by atoms with Crippen molar-refractivity contribution < 1.29 is 9.53 Å². The number of nitrogens with zero attached hydrogens (tertiary/aromatic N) is 1. The van der Waals surface area contributed by atoms with Crippen molar-refractivity contribution in [2.75, 3.05) is 0 Å². The Hall–Kier alpha value is -1.60. The topological polar surface area (TPSA) is 30.7 Å². The molecule has 0 spiro atoms. The maximum atomic E-state index is 11.4. The van der Waals surface area contributed by atoms with Crippen molar-refractivity contribution >= 4 is 23.4 Å². The van der Waals surface area contributed by atoms with Gasteiger partial charge < -0.3 is 4.74 Å². The monoisotopic (exact) mass is 221 g/mol. The Kier molecular flexibility index (Phi) is 4.07. The van der Waals surface area contributed by atoms with Crippen LogP contribution < -0.4 is 0 Å². The predicted molar refractivity (Wildman–Crippen MR) is 60.1 cm³/mol. The molecule has 3 nitrogen and oxygen atoms in total. The summed E-state index contributed by atoms with van der Waals surface area (Å²) >= 11 is 1.48. The molecule has 1 aromatic heterocycles. The highest BCUT2D eigenvalue weighted by atomic mass is 32.1. The highest BCUT2D eigenvalue weighted by Crippen LogP contribution is 2.15. The van der Waals surface area contributed by atoms with E-state index in [0.717, 1.165) is 4.88 Å². The zero-order valence-corrected chi connectivity index (χ0v) is 9.38. The van der Waals surface area contributed by atoms with Crippen molar-refractivity contribution in [2.45, 2.75) is 20.0 Å². The second-order valence-corrected chi connectivity index (χ2v) is 4.09. The number of ether oxygens (including phenoxy) is 1. The van der Waals surface area contributed by atoms with Crippen LogP contribution >= 0.6 is 11.3 Å². The number of thiophene rings is 1. The fourth-order valence-corrected chi connectivity index (χ4v) is 1.57. The summed E-state index contributed by atoms with van der Waals surface area (Å²) in [7, 11) is 0. The van der Waals surface area contributed by atoms with E-state index in [1.165, 1.54) is 11.3 Å². The van der Waals surface area contributed by atoms with Crippen LogP contribution in [0.25, 0.3) is 10.9 Å². The number of hydrogen-bond donors (Lipinski definition) is 0. The van der Waals surface area contributed by atoms with Crippen LogP contribution in [0.2, 0.25) is 0 Å². The van der Waals surface area contributed by atoms with Gasteiger partial charge in [-0.3, -0.25) is 4.79 Å². The maximum absolute atomic E-state index is 11.4. The molecule has 0 aliphatic carbocycles. The van der Waals surface area contributed by atoms with Gasteiger partial charge >= 0.3 is 5.97 Å². The normalized spacial score (nSPS) is 11.2. The van der Waals surface area contributed by atoms with Crippen LogP contribution in [0.4, 0.5) is 0 Å². The summed E-state index contributed by atoms with van der Waals surface area (Å²) in [5.41, 5.74) is 0.0196. The maximum Gasteiger partial charge on any atom is 0.336 e. The zero-order chi connectivity index (χ0) is 11.3. The van der Waals surface area contributed by atoms with Crippen LogP contribution in [0.1, 0.15) is 18.7 Å². The lowest BCUT2D eigenvalue weighted by atomic mass is 10.3. The highest BCUT2D eigenvalue weighted by Gasteiger charge is 2.12. The second kappa shape index (κ2) is 5.32. The number of esters is 1. The average molecular weight is 221 g/mol. The lowest BCUT2D eigenvalue weighted by Crippen LogP contribution is -2.11. The van der Waals surface area contributed by atoms with Gasteiger partial charge in [-0.1, -0.05) is 6.07 Å². The molecular weight excluding hydrogens is 210 g/mol. The van der Waals surface area contributed by atoms with Crippen molar-refractivity contribution in [1.82, 2.24) is 0 Å². The predicted octanol–water partition coefficient (Wildman–Crippen LogP) is 2.96. The first-order chi connectivity index (χ1) is 7.13. The molecule has 0 aliphatic rings. The molecule has 0 aliphatic heterocycles. The molecule has 0 N–H and O–H groups in total. The number of rotatable bonds is 3. The van der Waals surface area contributed by atoms with E-state index in [1.54, 1.807) is 19.9 Å². The van der Waals surface area contributed by atoms with E-state index in [2.05, 4.69) is 4.85 Å². The first-order valence-electron chi connectivity index (χ1n) is 4.47. The van der Waals surface area contributed by atoms with Gasteiger partial charge in [0.2, 0.25) is 0 Å². The van der Waals surface area contributed by atoms with E-state index in [0.29, 0.717) is 0 Å². The molecule has 0 unspecified atom stereocenters. The highest BCUT2D eigenvalue weighted by molar-refractivity contribution is 7.10. The van der Waals surface area contributed by atoms with Crippen LogP contribution in [0.5, 0.6) is 0 Å². The molecule has 1 aromatic rings. The SMILES string of the molecule is [C-]#[N+]C(=Cc1cccs1)C(=O)OC(C)C. The quantitative estimate of drug-likeness (QED) is 0.446. The molecule has 0 atom stereocenters. The first-order valence-corrected chi connectivity index (χ1v) is 5.35. The Bertz CT molecular complexity index is 399. The van der Waals surface area contributed by atoms with Gasteiger partial charge in [0.05, 0.1) is 12.7 Å². The van der Waals surface area contributed by atoms with Gasteiger partial charge in [0, 0.05) is 4.88 Å². The summed E-state index contributed by atoms with van der Waals surface area (Å²) in [5.74, 6) is -0.562. The fourth-order valence-electron chi connectivity index (χ4n) is 0.919. The third-order valence-electron chi connectivity index (χ3n) is 1.49. The molecule has 0 saturated heterocycles. The van der Waals surface area contributed by atoms with E-state index in [-0.39, 0.29) is 11.8 Å². The molecule has 1 heterocycles. The van der Waals surface area contributed by atoms with Gasteiger partial charge in [0.25, 0.3) is 5.70 Å². The first kappa shape index (κ1) is 11.5. The van der Waals surface area contributed by atoms with E-state index in [4.69, 9.17) is 11.3 Å². The van der Waals surface area contributed by atoms with Crippen molar-refractivity contribution in [1.29, 1.82) is 0 Å². The summed E-state index contributed by atoms with van der Waals surface area (Å²) in [6.45, 7) is 10.4. The Morgan fingerprint density at radius 2 is 2.40 bits per heavy atom. The van der Waals surface area contributed by atoms with Gasteiger partial charge in [-0.05, 0) is 31.4 Å². The minimum absolute atomic E-state index is 0.0196. The van der Waals surface area contributed by atoms with Gasteiger partial charge in [-0.2, -0.15) is 0 Å².